The molecule has 1 heterocycles. The molecule has 0 unspecified atom stereocenters. The van der Waals surface area contributed by atoms with Gasteiger partial charge < -0.3 is 4.55 Å². The van der Waals surface area contributed by atoms with Crippen LogP contribution in [0.25, 0.3) is 0 Å². The van der Waals surface area contributed by atoms with Gasteiger partial charge in [0.15, 0.2) is 22.0 Å². The van der Waals surface area contributed by atoms with Gasteiger partial charge in [0.25, 0.3) is 0 Å². The first-order valence-corrected chi connectivity index (χ1v) is 8.94. The first-order valence-electron chi connectivity index (χ1n) is 7.53. The van der Waals surface area contributed by atoms with Crippen molar-refractivity contribution in [3.63, 3.8) is 0 Å². The molecule has 10 heteroatoms. The van der Waals surface area contributed by atoms with Gasteiger partial charge in [-0.1, -0.05) is 43.7 Å². The number of aryl methyl sites for hydroxylation is 2. The normalized spacial score (nSPS) is 11.8. The smallest absolute Gasteiger partial charge is 0.485 e. The second-order valence-corrected chi connectivity index (χ2v) is 6.69. The molecule has 0 fully saturated rings. The van der Waals surface area contributed by atoms with Crippen molar-refractivity contribution < 1.29 is 30.8 Å². The number of hydrogen-bond donors (Lipinski definition) is 0. The highest BCUT2D eigenvalue weighted by Crippen LogP contribution is 2.20. The van der Waals surface area contributed by atoms with Gasteiger partial charge >= 0.3 is 5.51 Å². The lowest BCUT2D eigenvalue weighted by atomic mass is 10.2. The van der Waals surface area contributed by atoms with Crippen molar-refractivity contribution in [2.24, 2.45) is 7.05 Å². The molecular formula is C15H20F3N3O3S. The van der Waals surface area contributed by atoms with Gasteiger partial charge in [-0.2, -0.15) is 13.2 Å². The first kappa shape index (κ1) is 21.1. The van der Waals surface area contributed by atoms with Crippen molar-refractivity contribution in [2.45, 2.75) is 38.2 Å². The van der Waals surface area contributed by atoms with Crippen LogP contribution in [0.15, 0.2) is 36.5 Å². The zero-order valence-corrected chi connectivity index (χ0v) is 14.7. The zero-order chi connectivity index (χ0) is 19.1. The van der Waals surface area contributed by atoms with E-state index in [9.17, 15) is 13.2 Å². The quantitative estimate of drug-likeness (QED) is 0.453. The summed E-state index contributed by atoms with van der Waals surface area (Å²) in [6.07, 6.45) is 5.72. The molecule has 0 N–H and O–H groups in total. The van der Waals surface area contributed by atoms with Gasteiger partial charge in [-0.05, 0) is 12.0 Å². The summed E-state index contributed by atoms with van der Waals surface area (Å²) >= 11 is 0. The Balaban J connectivity index is 0.000000333. The molecule has 0 aliphatic heterocycles. The van der Waals surface area contributed by atoms with E-state index in [1.165, 1.54) is 24.1 Å². The molecule has 0 saturated heterocycles. The molecule has 0 bridgehead atoms. The summed E-state index contributed by atoms with van der Waals surface area (Å²) < 4.78 is 62.9. The third-order valence-corrected chi connectivity index (χ3v) is 3.79. The number of rotatable bonds is 5. The lowest BCUT2D eigenvalue weighted by Crippen LogP contribution is -2.36. The third-order valence-electron chi connectivity index (χ3n) is 3.22. The summed E-state index contributed by atoms with van der Waals surface area (Å²) in [6, 6.07) is 10.4. The van der Waals surface area contributed by atoms with Crippen molar-refractivity contribution in [1.29, 1.82) is 0 Å². The summed E-state index contributed by atoms with van der Waals surface area (Å²) in [5.41, 5.74) is -3.05. The molecule has 0 aliphatic rings. The van der Waals surface area contributed by atoms with Gasteiger partial charge in [0.05, 0.1) is 5.21 Å². The Bertz CT molecular complexity index is 759. The predicted molar refractivity (Wildman–Crippen MR) is 83.3 cm³/mol. The van der Waals surface area contributed by atoms with Crippen LogP contribution >= 0.6 is 0 Å². The number of halogens is 3. The van der Waals surface area contributed by atoms with Crippen LogP contribution < -0.4 is 4.68 Å². The summed E-state index contributed by atoms with van der Waals surface area (Å²) in [5.74, 6) is 0. The molecular weight excluding hydrogens is 359 g/mol. The Morgan fingerprint density at radius 3 is 2.28 bits per heavy atom. The van der Waals surface area contributed by atoms with Crippen LogP contribution in [0.3, 0.4) is 0 Å². The highest BCUT2D eigenvalue weighted by atomic mass is 32.2. The van der Waals surface area contributed by atoms with Crippen LogP contribution in [0.4, 0.5) is 13.2 Å². The van der Waals surface area contributed by atoms with Crippen molar-refractivity contribution in [3.8, 4) is 0 Å². The molecule has 0 radical (unpaired) electrons. The minimum absolute atomic E-state index is 0.848. The molecule has 140 valence electrons. The standard InChI is InChI=1S/C14H20N3.CHF3O3S/c1-3-4-10-14-12-17(15-16(14)2)11-13-8-6-5-7-9-13;2-1(3,4)8(5,6)7/h5-9,12H,3-4,10-11H2,1-2H3;(H,5,6,7)/q+1;/p-1. The largest absolute Gasteiger partial charge is 0.741 e. The minimum atomic E-state index is -6.09. The summed E-state index contributed by atoms with van der Waals surface area (Å²) in [4.78, 5) is 0. The van der Waals surface area contributed by atoms with Gasteiger partial charge in [-0.3, -0.25) is 0 Å². The molecule has 2 aromatic rings. The zero-order valence-electron chi connectivity index (χ0n) is 13.9. The molecule has 0 atom stereocenters. The lowest BCUT2D eigenvalue weighted by Gasteiger charge is -2.08. The van der Waals surface area contributed by atoms with E-state index in [1.807, 2.05) is 22.5 Å². The van der Waals surface area contributed by atoms with Crippen LogP contribution in [0.1, 0.15) is 31.0 Å². The second-order valence-electron chi connectivity index (χ2n) is 5.32. The maximum Gasteiger partial charge on any atom is 0.485 e. The topological polar surface area (TPSA) is 78.9 Å². The minimum Gasteiger partial charge on any atom is -0.741 e. The highest BCUT2D eigenvalue weighted by molar-refractivity contribution is 7.86. The Morgan fingerprint density at radius 2 is 1.80 bits per heavy atom. The number of unbranched alkanes of at least 4 members (excludes halogenated alkanes) is 1. The molecule has 0 amide bonds. The molecule has 2 rings (SSSR count). The Kier molecular flexibility index (Phi) is 7.56. The van der Waals surface area contributed by atoms with Crippen LogP contribution in [0, 0.1) is 0 Å². The Morgan fingerprint density at radius 1 is 1.24 bits per heavy atom. The number of alkyl halides is 3. The molecule has 0 saturated carbocycles. The summed E-state index contributed by atoms with van der Waals surface area (Å²) in [7, 11) is -4.07. The van der Waals surface area contributed by atoms with Gasteiger partial charge in [0.1, 0.15) is 13.6 Å². The molecule has 6 nitrogen and oxygen atoms in total. The average Bonchev–Trinajstić information content (AvgIpc) is 2.84. The monoisotopic (exact) mass is 379 g/mol. The highest BCUT2D eigenvalue weighted by Gasteiger charge is 2.36. The van der Waals surface area contributed by atoms with Crippen molar-refractivity contribution in [1.82, 2.24) is 9.90 Å². The maximum absolute atomic E-state index is 10.7. The second kappa shape index (κ2) is 8.95. The SMILES string of the molecule is CCCCc1c[n+](Cc2ccccc2)nn1C.O=S(=O)([O-])C(F)(F)F. The number of hydrogen-bond acceptors (Lipinski definition) is 4. The fourth-order valence-corrected chi connectivity index (χ4v) is 1.94. The van der Waals surface area contributed by atoms with Crippen LogP contribution in [0.2, 0.25) is 0 Å². The van der Waals surface area contributed by atoms with E-state index in [-0.39, 0.29) is 0 Å². The third kappa shape index (κ3) is 7.22. The Labute approximate surface area is 144 Å². The fraction of sp³-hybridized carbons (Fsp3) is 0.467. The first-order chi connectivity index (χ1) is 11.5. The van der Waals surface area contributed by atoms with E-state index in [1.54, 1.807) is 0 Å². The van der Waals surface area contributed by atoms with Gasteiger partial charge in [-0.15, -0.1) is 9.36 Å². The van der Waals surface area contributed by atoms with E-state index >= 15 is 0 Å². The van der Waals surface area contributed by atoms with Gasteiger partial charge in [0.2, 0.25) is 0 Å². The van der Waals surface area contributed by atoms with Crippen molar-refractivity contribution in [3.05, 3.63) is 47.8 Å². The molecule has 0 spiro atoms. The van der Waals surface area contributed by atoms with Crippen molar-refractivity contribution in [2.75, 3.05) is 0 Å². The van der Waals surface area contributed by atoms with E-state index < -0.39 is 15.6 Å². The number of nitrogens with zero attached hydrogens (tertiary/aromatic N) is 3. The molecule has 25 heavy (non-hydrogen) atoms. The predicted octanol–water partition coefficient (Wildman–Crippen LogP) is 2.15. The van der Waals surface area contributed by atoms with Crippen molar-refractivity contribution >= 4 is 10.1 Å². The lowest BCUT2D eigenvalue weighted by molar-refractivity contribution is -0.747. The molecule has 0 aliphatic carbocycles. The van der Waals surface area contributed by atoms with Crippen LogP contribution in [-0.4, -0.2) is 28.4 Å². The Hall–Kier alpha value is -1.94. The summed E-state index contributed by atoms with van der Waals surface area (Å²) in [5, 5.41) is 4.49. The van der Waals surface area contributed by atoms with E-state index in [0.29, 0.717) is 0 Å². The van der Waals surface area contributed by atoms with Crippen LogP contribution in [-0.2, 0) is 30.1 Å². The van der Waals surface area contributed by atoms with Gasteiger partial charge in [0, 0.05) is 6.42 Å². The van der Waals surface area contributed by atoms with E-state index in [0.717, 1.165) is 13.0 Å². The molecule has 1 aromatic heterocycles. The van der Waals surface area contributed by atoms with Gasteiger partial charge in [-0.25, -0.2) is 8.42 Å². The van der Waals surface area contributed by atoms with E-state index in [4.69, 9.17) is 13.0 Å². The maximum atomic E-state index is 10.7. The average molecular weight is 379 g/mol. The number of benzene rings is 1. The van der Waals surface area contributed by atoms with Crippen LogP contribution in [0.5, 0.6) is 0 Å². The summed E-state index contributed by atoms with van der Waals surface area (Å²) in [6.45, 7) is 3.06. The fourth-order valence-electron chi connectivity index (χ4n) is 1.94. The molecule has 1 aromatic carbocycles. The van der Waals surface area contributed by atoms with E-state index in [2.05, 4.69) is 42.6 Å². The number of aromatic nitrogens is 3.